The molecular weight excluding hydrogens is 358 g/mol. The number of hydrogen-bond donors (Lipinski definition) is 0. The molecule has 1 aromatic carbocycles. The second-order valence-corrected chi connectivity index (χ2v) is 7.33. The van der Waals surface area contributed by atoms with Gasteiger partial charge in [-0.1, -0.05) is 18.2 Å². The van der Waals surface area contributed by atoms with Crippen LogP contribution >= 0.6 is 0 Å². The third kappa shape index (κ3) is 3.52. The fourth-order valence-electron chi connectivity index (χ4n) is 4.16. The average molecular weight is 385 g/mol. The van der Waals surface area contributed by atoms with Gasteiger partial charge >= 0.3 is 0 Å². The Hall–Kier alpha value is -2.38. The summed E-state index contributed by atoms with van der Waals surface area (Å²) in [6.45, 7) is 5.76. The zero-order chi connectivity index (χ0) is 19.5. The Bertz CT molecular complexity index is 780. The molecular formula is C21H27N3O4. The Balaban J connectivity index is 1.63. The van der Waals surface area contributed by atoms with Crippen LogP contribution in [0.1, 0.15) is 18.4 Å². The molecule has 28 heavy (non-hydrogen) atoms. The number of ether oxygens (including phenoxy) is 2. The monoisotopic (exact) mass is 385 g/mol. The highest BCUT2D eigenvalue weighted by atomic mass is 16.5. The van der Waals surface area contributed by atoms with Crippen LogP contribution in [0.25, 0.3) is 5.57 Å². The van der Waals surface area contributed by atoms with Gasteiger partial charge in [-0.2, -0.15) is 0 Å². The Morgan fingerprint density at radius 3 is 2.39 bits per heavy atom. The van der Waals surface area contributed by atoms with Crippen LogP contribution in [-0.2, 0) is 14.3 Å². The molecule has 3 aliphatic heterocycles. The van der Waals surface area contributed by atoms with E-state index < -0.39 is 0 Å². The molecule has 0 saturated carbocycles. The zero-order valence-electron chi connectivity index (χ0n) is 16.4. The summed E-state index contributed by atoms with van der Waals surface area (Å²) in [6.07, 6.45) is 2.08. The molecule has 0 unspecified atom stereocenters. The second-order valence-electron chi connectivity index (χ2n) is 7.33. The van der Waals surface area contributed by atoms with E-state index in [1.165, 1.54) is 4.90 Å². The van der Waals surface area contributed by atoms with Crippen molar-refractivity contribution in [3.63, 3.8) is 0 Å². The third-order valence-electron chi connectivity index (χ3n) is 5.69. The Labute approximate surface area is 165 Å². The number of benzene rings is 1. The molecule has 0 aromatic heterocycles. The molecule has 0 atom stereocenters. The first kappa shape index (κ1) is 19.0. The minimum absolute atomic E-state index is 0.180. The largest absolute Gasteiger partial charge is 0.496 e. The summed E-state index contributed by atoms with van der Waals surface area (Å²) in [5, 5.41) is 0. The molecule has 4 rings (SSSR count). The summed E-state index contributed by atoms with van der Waals surface area (Å²) in [7, 11) is 1.59. The number of imide groups is 1. The molecule has 7 nitrogen and oxygen atoms in total. The van der Waals surface area contributed by atoms with Crippen LogP contribution in [-0.4, -0.2) is 86.1 Å². The van der Waals surface area contributed by atoms with Crippen LogP contribution in [0.4, 0.5) is 0 Å². The van der Waals surface area contributed by atoms with Gasteiger partial charge in [-0.3, -0.25) is 19.4 Å². The molecule has 0 radical (unpaired) electrons. The van der Waals surface area contributed by atoms with Gasteiger partial charge in [0.15, 0.2) is 0 Å². The topological polar surface area (TPSA) is 62.3 Å². The van der Waals surface area contributed by atoms with Crippen LogP contribution in [0.3, 0.4) is 0 Å². The summed E-state index contributed by atoms with van der Waals surface area (Å²) >= 11 is 0. The van der Waals surface area contributed by atoms with Crippen LogP contribution in [0.2, 0.25) is 0 Å². The van der Waals surface area contributed by atoms with E-state index in [0.29, 0.717) is 48.9 Å². The van der Waals surface area contributed by atoms with Crippen LogP contribution < -0.4 is 4.74 Å². The smallest absolute Gasteiger partial charge is 0.277 e. The number of likely N-dealkylation sites (tertiary alicyclic amines) is 1. The summed E-state index contributed by atoms with van der Waals surface area (Å²) in [6, 6.07) is 7.44. The van der Waals surface area contributed by atoms with Gasteiger partial charge < -0.3 is 14.4 Å². The fourth-order valence-corrected chi connectivity index (χ4v) is 4.16. The minimum atomic E-state index is -0.218. The van der Waals surface area contributed by atoms with Gasteiger partial charge in [0.2, 0.25) is 0 Å². The van der Waals surface area contributed by atoms with E-state index in [1.807, 2.05) is 24.3 Å². The van der Waals surface area contributed by atoms with Crippen molar-refractivity contribution >= 4 is 17.4 Å². The highest BCUT2D eigenvalue weighted by Gasteiger charge is 2.42. The van der Waals surface area contributed by atoms with Crippen LogP contribution in [0.15, 0.2) is 30.0 Å². The molecule has 3 heterocycles. The van der Waals surface area contributed by atoms with E-state index in [1.54, 1.807) is 7.11 Å². The van der Waals surface area contributed by atoms with Gasteiger partial charge in [-0.25, -0.2) is 0 Å². The lowest BCUT2D eigenvalue weighted by Crippen LogP contribution is -2.44. The summed E-state index contributed by atoms with van der Waals surface area (Å²) in [4.78, 5) is 32.3. The number of rotatable bonds is 6. The molecule has 0 aliphatic carbocycles. The Kier molecular flexibility index (Phi) is 5.64. The van der Waals surface area contributed by atoms with Crippen molar-refractivity contribution in [2.75, 3.05) is 59.6 Å². The molecule has 1 aromatic rings. The number of nitrogens with zero attached hydrogens (tertiary/aromatic N) is 3. The lowest BCUT2D eigenvalue weighted by molar-refractivity contribution is -0.137. The number of carbonyl (C=O) groups excluding carboxylic acids is 2. The van der Waals surface area contributed by atoms with E-state index in [-0.39, 0.29) is 11.8 Å². The lowest BCUT2D eigenvalue weighted by atomic mass is 10.0. The first-order valence-corrected chi connectivity index (χ1v) is 9.99. The second kappa shape index (κ2) is 8.32. The number of amides is 2. The van der Waals surface area contributed by atoms with Gasteiger partial charge in [0.1, 0.15) is 11.4 Å². The Morgan fingerprint density at radius 2 is 1.68 bits per heavy atom. The van der Waals surface area contributed by atoms with Crippen LogP contribution in [0, 0.1) is 0 Å². The Morgan fingerprint density at radius 1 is 0.964 bits per heavy atom. The first-order chi connectivity index (χ1) is 13.7. The fraction of sp³-hybridized carbons (Fsp3) is 0.524. The lowest BCUT2D eigenvalue weighted by Gasteiger charge is -2.28. The van der Waals surface area contributed by atoms with Crippen molar-refractivity contribution in [3.8, 4) is 5.75 Å². The van der Waals surface area contributed by atoms with E-state index in [2.05, 4.69) is 9.80 Å². The van der Waals surface area contributed by atoms with Crippen molar-refractivity contribution in [2.45, 2.75) is 12.8 Å². The predicted molar refractivity (Wildman–Crippen MR) is 105 cm³/mol. The highest BCUT2D eigenvalue weighted by molar-refractivity contribution is 6.36. The van der Waals surface area contributed by atoms with Gasteiger partial charge in [0.05, 0.1) is 25.9 Å². The maximum atomic E-state index is 13.3. The molecule has 0 N–H and O–H groups in total. The van der Waals surface area contributed by atoms with E-state index in [9.17, 15) is 9.59 Å². The van der Waals surface area contributed by atoms with Crippen LogP contribution in [0.5, 0.6) is 5.75 Å². The molecule has 2 fully saturated rings. The molecule has 0 bridgehead atoms. The first-order valence-electron chi connectivity index (χ1n) is 9.99. The maximum absolute atomic E-state index is 13.3. The van der Waals surface area contributed by atoms with Crippen molar-refractivity contribution in [3.05, 3.63) is 35.5 Å². The average Bonchev–Trinajstić information content (AvgIpc) is 3.34. The normalized spacial score (nSPS) is 21.2. The molecule has 2 saturated heterocycles. The standard InChI is InChI=1S/C21H27N3O4/c1-27-17-7-3-2-6-16(17)18-19(23-8-4-5-9-23)21(26)24(20(18)25)11-10-22-12-14-28-15-13-22/h2-3,6-7H,4-5,8-15H2,1H3. The van der Waals surface area contributed by atoms with Gasteiger partial charge in [0.25, 0.3) is 11.8 Å². The predicted octanol–water partition coefficient (Wildman–Crippen LogP) is 1.20. The van der Waals surface area contributed by atoms with Crippen molar-refractivity contribution in [2.24, 2.45) is 0 Å². The molecule has 2 amide bonds. The van der Waals surface area contributed by atoms with Crippen molar-refractivity contribution in [1.29, 1.82) is 0 Å². The number of hydrogen-bond acceptors (Lipinski definition) is 6. The molecule has 0 spiro atoms. The van der Waals surface area contributed by atoms with E-state index in [0.717, 1.165) is 39.0 Å². The molecule has 3 aliphatic rings. The van der Waals surface area contributed by atoms with Gasteiger partial charge in [-0.15, -0.1) is 0 Å². The number of carbonyl (C=O) groups is 2. The molecule has 150 valence electrons. The van der Waals surface area contributed by atoms with Gasteiger partial charge in [0, 0.05) is 44.8 Å². The quantitative estimate of drug-likeness (QED) is 0.686. The third-order valence-corrected chi connectivity index (χ3v) is 5.69. The minimum Gasteiger partial charge on any atom is -0.496 e. The summed E-state index contributed by atoms with van der Waals surface area (Å²) in [5.74, 6) is 0.219. The maximum Gasteiger partial charge on any atom is 0.277 e. The van der Waals surface area contributed by atoms with E-state index in [4.69, 9.17) is 9.47 Å². The SMILES string of the molecule is COc1ccccc1C1=C(N2CCCC2)C(=O)N(CCN2CCOCC2)C1=O. The number of methoxy groups -OCH3 is 1. The summed E-state index contributed by atoms with van der Waals surface area (Å²) < 4.78 is 10.9. The zero-order valence-corrected chi connectivity index (χ0v) is 16.4. The van der Waals surface area contributed by atoms with Crippen molar-refractivity contribution in [1.82, 2.24) is 14.7 Å². The molecule has 7 heteroatoms. The van der Waals surface area contributed by atoms with E-state index >= 15 is 0 Å². The number of morpholine rings is 1. The number of para-hydroxylation sites is 1. The van der Waals surface area contributed by atoms with Gasteiger partial charge in [-0.05, 0) is 18.9 Å². The highest BCUT2D eigenvalue weighted by Crippen LogP contribution is 2.37. The summed E-state index contributed by atoms with van der Waals surface area (Å²) in [5.41, 5.74) is 1.71. The van der Waals surface area contributed by atoms with Crippen molar-refractivity contribution < 1.29 is 19.1 Å².